The van der Waals surface area contributed by atoms with E-state index in [4.69, 9.17) is 6.42 Å². The van der Waals surface area contributed by atoms with Gasteiger partial charge in [0.05, 0.1) is 0 Å². The largest absolute Gasteiger partial charge is 0.336 e. The summed E-state index contributed by atoms with van der Waals surface area (Å²) < 4.78 is 11.6. The number of thiazole rings is 1. The normalized spacial score (nSPS) is 12.4. The van der Waals surface area contributed by atoms with E-state index in [2.05, 4.69) is 10.9 Å². The molecule has 0 saturated heterocycles. The fraction of sp³-hybridized carbons (Fsp3) is 0.500. The summed E-state index contributed by atoms with van der Waals surface area (Å²) in [5, 5.41) is -0.686. The summed E-state index contributed by atoms with van der Waals surface area (Å²) in [6, 6.07) is 0. The van der Waals surface area contributed by atoms with E-state index < -0.39 is 12.8 Å². The van der Waals surface area contributed by atoms with Crippen LogP contribution in [0.15, 0.2) is 6.20 Å². The summed E-state index contributed by atoms with van der Waals surface area (Å²) in [7, 11) is -4.22. The number of aromatic nitrogens is 1. The molecule has 2 N–H and O–H groups in total. The van der Waals surface area contributed by atoms with E-state index in [-0.39, 0.29) is 0 Å². The molecule has 0 fully saturated rings. The lowest BCUT2D eigenvalue weighted by Gasteiger charge is -2.30. The number of rotatable bonds is 4. The van der Waals surface area contributed by atoms with Gasteiger partial charge in [0.2, 0.25) is 0 Å². The Hall–Kier alpha value is -0.660. The standard InChI is InChI=1S/C10H14NO3PS/c1-4-9-11-7-8(16-9)10(5-2,6-3)15(12,13)14/h1,7H,5-6H2,2-3H3,(H2,12,13,14). The second kappa shape index (κ2) is 4.68. The van der Waals surface area contributed by atoms with Crippen LogP contribution in [-0.2, 0) is 9.72 Å². The second-order valence-corrected chi connectivity index (χ2v) is 6.43. The number of hydrogen-bond acceptors (Lipinski definition) is 3. The molecule has 6 heteroatoms. The van der Waals surface area contributed by atoms with Gasteiger partial charge in [0.15, 0.2) is 5.01 Å². The molecule has 1 aromatic rings. The van der Waals surface area contributed by atoms with Crippen LogP contribution in [-0.4, -0.2) is 14.8 Å². The molecule has 0 unspecified atom stereocenters. The average Bonchev–Trinajstić information content (AvgIpc) is 2.67. The molecule has 0 radical (unpaired) electrons. The van der Waals surface area contributed by atoms with Gasteiger partial charge >= 0.3 is 7.60 Å². The molecular formula is C10H14NO3PS. The SMILES string of the molecule is C#Cc1ncc(C(CC)(CC)P(=O)(O)O)s1. The summed E-state index contributed by atoms with van der Waals surface area (Å²) in [6.45, 7) is 3.52. The Bertz CT molecular complexity index is 453. The molecule has 0 aliphatic rings. The number of nitrogens with zero attached hydrogens (tertiary/aromatic N) is 1. The van der Waals surface area contributed by atoms with Gasteiger partial charge < -0.3 is 9.79 Å². The molecule has 0 atom stereocenters. The van der Waals surface area contributed by atoms with Crippen molar-refractivity contribution in [1.82, 2.24) is 4.98 Å². The minimum atomic E-state index is -4.22. The highest BCUT2D eigenvalue weighted by molar-refractivity contribution is 7.53. The van der Waals surface area contributed by atoms with Crippen LogP contribution in [0.1, 0.15) is 36.6 Å². The monoisotopic (exact) mass is 259 g/mol. The molecule has 0 amide bonds. The lowest BCUT2D eigenvalue weighted by molar-refractivity contribution is 0.317. The van der Waals surface area contributed by atoms with Crippen LogP contribution >= 0.6 is 18.9 Å². The molecule has 0 saturated carbocycles. The highest BCUT2D eigenvalue weighted by Gasteiger charge is 2.46. The molecule has 1 rings (SSSR count). The van der Waals surface area contributed by atoms with Gasteiger partial charge in [0.25, 0.3) is 0 Å². The maximum Gasteiger partial charge on any atom is 0.336 e. The van der Waals surface area contributed by atoms with Gasteiger partial charge in [0, 0.05) is 11.1 Å². The van der Waals surface area contributed by atoms with Crippen LogP contribution in [0.5, 0.6) is 0 Å². The summed E-state index contributed by atoms with van der Waals surface area (Å²) >= 11 is 1.18. The van der Waals surface area contributed by atoms with E-state index in [1.165, 1.54) is 17.5 Å². The van der Waals surface area contributed by atoms with Gasteiger partial charge in [-0.15, -0.1) is 17.8 Å². The molecule has 0 spiro atoms. The summed E-state index contributed by atoms with van der Waals surface area (Å²) in [5.74, 6) is 2.37. The Morgan fingerprint density at radius 2 is 2.12 bits per heavy atom. The fourth-order valence-electron chi connectivity index (χ4n) is 1.71. The summed E-state index contributed by atoms with van der Waals surface area (Å²) in [4.78, 5) is 23.5. The van der Waals surface area contributed by atoms with Crippen LogP contribution in [0.4, 0.5) is 0 Å². The minimum Gasteiger partial charge on any atom is -0.324 e. The Balaban J connectivity index is 3.33. The topological polar surface area (TPSA) is 70.4 Å². The third-order valence-electron chi connectivity index (χ3n) is 2.82. The van der Waals surface area contributed by atoms with Gasteiger partial charge in [-0.05, 0) is 18.8 Å². The van der Waals surface area contributed by atoms with Crippen LogP contribution in [0.25, 0.3) is 0 Å². The van der Waals surface area contributed by atoms with Crippen molar-refractivity contribution in [2.24, 2.45) is 0 Å². The van der Waals surface area contributed by atoms with Crippen molar-refractivity contribution in [3.63, 3.8) is 0 Å². The van der Waals surface area contributed by atoms with Crippen LogP contribution in [0.2, 0.25) is 0 Å². The maximum atomic E-state index is 11.6. The maximum absolute atomic E-state index is 11.6. The number of terminal acetylenes is 1. The van der Waals surface area contributed by atoms with Gasteiger partial charge in [-0.1, -0.05) is 13.8 Å². The number of hydrogen-bond donors (Lipinski definition) is 2. The van der Waals surface area contributed by atoms with Gasteiger partial charge in [-0.25, -0.2) is 4.98 Å². The molecule has 88 valence electrons. The first-order valence-corrected chi connectivity index (χ1v) is 7.32. The van der Waals surface area contributed by atoms with Gasteiger partial charge in [-0.3, -0.25) is 4.57 Å². The molecule has 0 aliphatic heterocycles. The van der Waals surface area contributed by atoms with Crippen molar-refractivity contribution in [3.05, 3.63) is 16.1 Å². The van der Waals surface area contributed by atoms with E-state index >= 15 is 0 Å². The Kier molecular flexibility index (Phi) is 3.92. The molecule has 0 aliphatic carbocycles. The fourth-order valence-corrected chi connectivity index (χ4v) is 4.33. The van der Waals surface area contributed by atoms with Crippen molar-refractivity contribution in [2.75, 3.05) is 0 Å². The van der Waals surface area contributed by atoms with Crippen LogP contribution in [0.3, 0.4) is 0 Å². The summed E-state index contributed by atoms with van der Waals surface area (Å²) in [6.07, 6.45) is 7.40. The van der Waals surface area contributed by atoms with E-state index in [9.17, 15) is 14.4 Å². The highest BCUT2D eigenvalue weighted by atomic mass is 32.1. The van der Waals surface area contributed by atoms with Gasteiger partial charge in [-0.2, -0.15) is 0 Å². The van der Waals surface area contributed by atoms with E-state index in [1.807, 2.05) is 0 Å². The van der Waals surface area contributed by atoms with Crippen molar-refractivity contribution in [3.8, 4) is 12.3 Å². The van der Waals surface area contributed by atoms with E-state index in [0.29, 0.717) is 22.7 Å². The molecule has 0 aromatic carbocycles. The second-order valence-electron chi connectivity index (χ2n) is 3.46. The third kappa shape index (κ3) is 2.07. The lowest BCUT2D eigenvalue weighted by Crippen LogP contribution is -2.23. The first-order chi connectivity index (χ1) is 7.41. The highest BCUT2D eigenvalue weighted by Crippen LogP contribution is 2.61. The first-order valence-electron chi connectivity index (χ1n) is 4.89. The van der Waals surface area contributed by atoms with Crippen molar-refractivity contribution < 1.29 is 14.4 Å². The molecule has 1 aromatic heterocycles. The molecule has 16 heavy (non-hydrogen) atoms. The zero-order valence-electron chi connectivity index (χ0n) is 9.17. The smallest absolute Gasteiger partial charge is 0.324 e. The third-order valence-corrected chi connectivity index (χ3v) is 6.09. The zero-order chi connectivity index (χ0) is 12.4. The lowest BCUT2D eigenvalue weighted by atomic mass is 10.0. The predicted octanol–water partition coefficient (Wildman–Crippen LogP) is 2.32. The van der Waals surface area contributed by atoms with Crippen molar-refractivity contribution in [1.29, 1.82) is 0 Å². The molecular weight excluding hydrogens is 245 g/mol. The zero-order valence-corrected chi connectivity index (χ0v) is 10.9. The molecule has 1 heterocycles. The Morgan fingerprint density at radius 1 is 1.56 bits per heavy atom. The Morgan fingerprint density at radius 3 is 2.44 bits per heavy atom. The van der Waals surface area contributed by atoms with E-state index in [0.717, 1.165) is 0 Å². The first kappa shape index (κ1) is 13.4. The van der Waals surface area contributed by atoms with Gasteiger partial charge in [0.1, 0.15) is 5.16 Å². The van der Waals surface area contributed by atoms with Crippen molar-refractivity contribution in [2.45, 2.75) is 31.8 Å². The average molecular weight is 259 g/mol. The van der Waals surface area contributed by atoms with E-state index in [1.54, 1.807) is 13.8 Å². The molecule has 0 bridgehead atoms. The Labute approximate surface area is 98.9 Å². The minimum absolute atomic E-state index is 0.361. The van der Waals surface area contributed by atoms with Crippen LogP contribution < -0.4 is 0 Å². The molecule has 4 nitrogen and oxygen atoms in total. The predicted molar refractivity (Wildman–Crippen MR) is 64.4 cm³/mol. The summed E-state index contributed by atoms with van der Waals surface area (Å²) in [5.41, 5.74) is 0. The van der Waals surface area contributed by atoms with Crippen molar-refractivity contribution >= 4 is 18.9 Å². The van der Waals surface area contributed by atoms with Crippen LogP contribution in [0, 0.1) is 12.3 Å². The quantitative estimate of drug-likeness (QED) is 0.643.